The summed E-state index contributed by atoms with van der Waals surface area (Å²) in [6.07, 6.45) is 0. The Kier molecular flexibility index (Phi) is 12.9. The first-order valence-corrected chi connectivity index (χ1v) is 28.2. The van der Waals surface area contributed by atoms with Gasteiger partial charge in [0.25, 0.3) is 0 Å². The fourth-order valence-corrected chi connectivity index (χ4v) is 7.16. The molecule has 0 saturated carbocycles. The van der Waals surface area contributed by atoms with Crippen LogP contribution in [0.2, 0.25) is 0 Å². The van der Waals surface area contributed by atoms with E-state index in [1.54, 1.807) is 0 Å². The molecule has 53 heavy (non-hydrogen) atoms. The first-order valence-electron chi connectivity index (χ1n) is 17.7. The average molecular weight is 820 g/mol. The molecule has 9 aromatic rings. The van der Waals surface area contributed by atoms with Crippen LogP contribution in [0.25, 0.3) is 65.3 Å². The number of fused-ring (bicyclic) bond motifs is 4. The van der Waals surface area contributed by atoms with Gasteiger partial charge in [-0.15, -0.1) is 81.2 Å². The Labute approximate surface area is 330 Å². The quantitative estimate of drug-likeness (QED) is 0.120. The van der Waals surface area contributed by atoms with Crippen LogP contribution in [0.3, 0.4) is 0 Å². The van der Waals surface area contributed by atoms with Crippen molar-refractivity contribution in [1.82, 2.24) is 0 Å². The molecule has 0 aromatic heterocycles. The minimum absolute atomic E-state index is 1.07. The van der Waals surface area contributed by atoms with Crippen LogP contribution in [0.15, 0.2) is 164 Å². The van der Waals surface area contributed by atoms with Gasteiger partial charge in [-0.25, -0.2) is 0 Å². The molecule has 0 aliphatic carbocycles. The Bertz CT molecular complexity index is 2490. The molecule has 0 fully saturated rings. The molecule has 0 saturated heterocycles. The third-order valence-electron chi connectivity index (χ3n) is 9.45. The predicted octanol–water partition coefficient (Wildman–Crippen LogP) is 14.9. The molecule has 9 rings (SSSR count). The summed E-state index contributed by atoms with van der Waals surface area (Å²) in [5.41, 5.74) is 11.8. The van der Waals surface area contributed by atoms with Crippen LogP contribution in [0, 0.1) is 34.6 Å². The molecule has 0 aliphatic rings. The van der Waals surface area contributed by atoms with Crippen molar-refractivity contribution < 1.29 is 18.0 Å². The first-order chi connectivity index (χ1) is 25.6. The summed E-state index contributed by atoms with van der Waals surface area (Å²) in [6.45, 7) is 15.5. The zero-order valence-electron chi connectivity index (χ0n) is 30.6. The number of halogens is 2. The van der Waals surface area contributed by atoms with E-state index in [-0.39, 0.29) is 0 Å². The monoisotopic (exact) mass is 817 g/mol. The Morgan fingerprint density at radius 2 is 0.849 bits per heavy atom. The molecular formula is C49H41Cl2SiZr-3. The van der Waals surface area contributed by atoms with Crippen LogP contribution in [0.1, 0.15) is 27.8 Å². The van der Waals surface area contributed by atoms with Gasteiger partial charge in [0.1, 0.15) is 0 Å². The van der Waals surface area contributed by atoms with Gasteiger partial charge in [-0.05, 0) is 46.5 Å². The van der Waals surface area contributed by atoms with E-state index in [1.165, 1.54) is 87.6 Å². The number of rotatable bonds is 2. The normalized spacial score (nSPS) is 10.6. The summed E-state index contributed by atoms with van der Waals surface area (Å²) in [5, 5.41) is 10.7. The second-order valence-electron chi connectivity index (χ2n) is 13.4. The van der Waals surface area contributed by atoms with Crippen molar-refractivity contribution in [3.05, 3.63) is 199 Å². The Morgan fingerprint density at radius 1 is 0.472 bits per heavy atom. The zero-order valence-corrected chi connectivity index (χ0v) is 35.5. The molecule has 0 bridgehead atoms. The molecule has 0 nitrogen and oxygen atoms in total. The van der Waals surface area contributed by atoms with Crippen molar-refractivity contribution >= 4 is 67.0 Å². The third kappa shape index (κ3) is 9.32. The Morgan fingerprint density at radius 3 is 1.25 bits per heavy atom. The average Bonchev–Trinajstić information content (AvgIpc) is 3.73. The topological polar surface area (TPSA) is 0 Å². The van der Waals surface area contributed by atoms with Crippen molar-refractivity contribution in [3.63, 3.8) is 0 Å². The van der Waals surface area contributed by atoms with Gasteiger partial charge >= 0.3 is 41.9 Å². The fourth-order valence-electron chi connectivity index (χ4n) is 7.16. The molecule has 4 heteroatoms. The standard InChI is InChI=1S/2C21H17.C7H7.2ClH.Si.Zr/c2*1-14-12-17-11-10-15(2)21(20(17)13-14)19-9-5-7-16-6-3-4-8-18(16)19;1-7-5-3-2-4-6-7;;;;/h2*3-13H,1-2H3;2-6H,1H2;2*1H;;/q3*-1;;;;+2/p-2. The maximum atomic E-state index is 5.15. The van der Waals surface area contributed by atoms with Crippen LogP contribution >= 0.6 is 17.0 Å². The molecule has 0 N–H and O–H groups in total. The van der Waals surface area contributed by atoms with Crippen molar-refractivity contribution in [2.45, 2.75) is 27.7 Å². The molecule has 0 atom stereocenters. The summed E-state index contributed by atoms with van der Waals surface area (Å²) >= 11 is -1.79. The van der Waals surface area contributed by atoms with E-state index in [9.17, 15) is 0 Å². The number of benzene rings is 7. The van der Waals surface area contributed by atoms with Gasteiger partial charge in [0.2, 0.25) is 0 Å². The van der Waals surface area contributed by atoms with E-state index >= 15 is 0 Å². The molecule has 0 heterocycles. The number of hydrogen-bond acceptors (Lipinski definition) is 0. The molecule has 262 valence electrons. The van der Waals surface area contributed by atoms with Crippen LogP contribution in [-0.4, -0.2) is 6.88 Å². The molecule has 0 aliphatic heterocycles. The molecule has 9 aromatic carbocycles. The summed E-state index contributed by atoms with van der Waals surface area (Å²) in [5.74, 6) is 0. The summed E-state index contributed by atoms with van der Waals surface area (Å²) in [7, 11) is 10.3. The predicted molar refractivity (Wildman–Crippen MR) is 232 cm³/mol. The number of aryl methyl sites for hydroxylation is 4. The molecule has 0 spiro atoms. The summed E-state index contributed by atoms with van der Waals surface area (Å²) in [6, 6.07) is 58.4. The van der Waals surface area contributed by atoms with Gasteiger partial charge in [-0.1, -0.05) is 127 Å². The van der Waals surface area contributed by atoms with Crippen LogP contribution in [-0.2, 0) is 18.0 Å². The van der Waals surface area contributed by atoms with Gasteiger partial charge in [-0.3, -0.25) is 0 Å². The molecule has 0 amide bonds. The van der Waals surface area contributed by atoms with Crippen molar-refractivity contribution in [2.24, 2.45) is 0 Å². The number of hydrogen-bond donors (Lipinski definition) is 0. The van der Waals surface area contributed by atoms with E-state index < -0.39 is 18.0 Å². The van der Waals surface area contributed by atoms with Gasteiger partial charge < -0.3 is 0 Å². The maximum absolute atomic E-state index is 5.15. The second-order valence-corrected chi connectivity index (χ2v) is 27.0. The van der Waals surface area contributed by atoms with Gasteiger partial charge in [0.15, 0.2) is 0 Å². The Balaban J connectivity index is 0.000000142. The molecule has 2 radical (unpaired) electrons. The van der Waals surface area contributed by atoms with E-state index in [1.807, 2.05) is 30.3 Å². The van der Waals surface area contributed by atoms with Crippen LogP contribution < -0.4 is 0 Å². The van der Waals surface area contributed by atoms with Gasteiger partial charge in [0.05, 0.1) is 0 Å². The van der Waals surface area contributed by atoms with Crippen molar-refractivity contribution in [1.29, 1.82) is 0 Å². The van der Waals surface area contributed by atoms with E-state index in [4.69, 9.17) is 17.0 Å². The molecular weight excluding hydrogens is 779 g/mol. The first kappa shape index (κ1) is 38.6. The summed E-state index contributed by atoms with van der Waals surface area (Å²) in [4.78, 5) is 0. The van der Waals surface area contributed by atoms with E-state index in [2.05, 4.69) is 175 Å². The SMILES string of the molecule is Cc1cc2c(-c3cccc4ccccc34)c(C)ccc2[cH-]1.Cc1cc2c(-c3cccc4ccccc34)c(C)ccc2[cH-]1.[CH2-]c1ccccc1.[Si]=[Zr]([Cl])[Cl]. The van der Waals surface area contributed by atoms with Crippen LogP contribution in [0.5, 0.6) is 0 Å². The van der Waals surface area contributed by atoms with Crippen molar-refractivity contribution in [3.8, 4) is 22.3 Å². The zero-order chi connectivity index (χ0) is 37.5. The Hall–Kier alpha value is -4.17. The van der Waals surface area contributed by atoms with E-state index in [0.717, 1.165) is 5.56 Å². The van der Waals surface area contributed by atoms with E-state index in [0.29, 0.717) is 0 Å². The fraction of sp³-hybridized carbons (Fsp3) is 0.0816. The van der Waals surface area contributed by atoms with Gasteiger partial charge in [-0.2, -0.15) is 36.8 Å². The van der Waals surface area contributed by atoms with Crippen LogP contribution in [0.4, 0.5) is 0 Å². The second kappa shape index (κ2) is 17.8. The molecule has 0 unspecified atom stereocenters. The summed E-state index contributed by atoms with van der Waals surface area (Å²) < 4.78 is 0. The van der Waals surface area contributed by atoms with Crippen molar-refractivity contribution in [2.75, 3.05) is 0 Å². The minimum atomic E-state index is -1.79. The third-order valence-corrected chi connectivity index (χ3v) is 9.45. The van der Waals surface area contributed by atoms with Gasteiger partial charge in [0, 0.05) is 0 Å².